The average molecular weight is 345 g/mol. The van der Waals surface area contributed by atoms with Crippen LogP contribution in [-0.2, 0) is 0 Å². The third-order valence-electron chi connectivity index (χ3n) is 2.88. The van der Waals surface area contributed by atoms with E-state index in [9.17, 15) is 9.59 Å². The summed E-state index contributed by atoms with van der Waals surface area (Å²) < 4.78 is 5.76. The van der Waals surface area contributed by atoms with Crippen LogP contribution in [0, 0.1) is 0 Å². The van der Waals surface area contributed by atoms with Crippen molar-refractivity contribution in [2.45, 2.75) is 0 Å². The standard InChI is InChI=1S/C15H9BrN2O3/c16-11-5-3-7-17-13(11)18-14(19)10-8-9-4-1-2-6-12(9)21-15(10)20/h1-8H,(H,17,18,19). The van der Waals surface area contributed by atoms with Crippen molar-refractivity contribution < 1.29 is 9.21 Å². The van der Waals surface area contributed by atoms with E-state index in [1.54, 1.807) is 42.6 Å². The maximum Gasteiger partial charge on any atom is 0.349 e. The molecule has 3 rings (SSSR count). The molecule has 0 atom stereocenters. The van der Waals surface area contributed by atoms with Crippen LogP contribution in [0.5, 0.6) is 0 Å². The summed E-state index contributed by atoms with van der Waals surface area (Å²) >= 11 is 3.28. The SMILES string of the molecule is O=C(Nc1ncccc1Br)c1cc2ccccc2oc1=O. The number of carbonyl (C=O) groups excluding carboxylic acids is 1. The topological polar surface area (TPSA) is 72.2 Å². The van der Waals surface area contributed by atoms with E-state index in [1.165, 1.54) is 6.07 Å². The van der Waals surface area contributed by atoms with Gasteiger partial charge >= 0.3 is 5.63 Å². The molecule has 104 valence electrons. The zero-order valence-electron chi connectivity index (χ0n) is 10.7. The monoisotopic (exact) mass is 344 g/mol. The highest BCUT2D eigenvalue weighted by Gasteiger charge is 2.15. The van der Waals surface area contributed by atoms with Crippen molar-refractivity contribution in [1.82, 2.24) is 4.98 Å². The Morgan fingerprint density at radius 2 is 2.00 bits per heavy atom. The molecule has 1 N–H and O–H groups in total. The molecule has 2 aromatic heterocycles. The number of fused-ring (bicyclic) bond motifs is 1. The van der Waals surface area contributed by atoms with Crippen LogP contribution in [0.25, 0.3) is 11.0 Å². The Morgan fingerprint density at radius 1 is 1.19 bits per heavy atom. The van der Waals surface area contributed by atoms with Gasteiger partial charge in [0, 0.05) is 11.6 Å². The number of halogens is 1. The first-order valence-electron chi connectivity index (χ1n) is 6.10. The molecular weight excluding hydrogens is 336 g/mol. The normalized spacial score (nSPS) is 10.5. The number of nitrogens with one attached hydrogen (secondary N) is 1. The molecule has 0 radical (unpaired) electrons. The molecule has 21 heavy (non-hydrogen) atoms. The summed E-state index contributed by atoms with van der Waals surface area (Å²) in [5, 5.41) is 3.26. The van der Waals surface area contributed by atoms with Gasteiger partial charge in [0.15, 0.2) is 0 Å². The Morgan fingerprint density at radius 3 is 2.81 bits per heavy atom. The Bertz CT molecular complexity index is 889. The van der Waals surface area contributed by atoms with Crippen molar-refractivity contribution in [2.75, 3.05) is 5.32 Å². The molecule has 5 nitrogen and oxygen atoms in total. The van der Waals surface area contributed by atoms with Gasteiger partial charge in [-0.2, -0.15) is 0 Å². The number of hydrogen-bond acceptors (Lipinski definition) is 4. The molecule has 0 bridgehead atoms. The highest BCUT2D eigenvalue weighted by Crippen LogP contribution is 2.19. The summed E-state index contributed by atoms with van der Waals surface area (Å²) in [7, 11) is 0. The van der Waals surface area contributed by atoms with Crippen LogP contribution in [0.1, 0.15) is 10.4 Å². The number of nitrogens with zero attached hydrogens (tertiary/aromatic N) is 1. The quantitative estimate of drug-likeness (QED) is 0.724. The third kappa shape index (κ3) is 2.71. The van der Waals surface area contributed by atoms with E-state index in [-0.39, 0.29) is 5.56 Å². The first kappa shape index (κ1) is 13.5. The highest BCUT2D eigenvalue weighted by atomic mass is 79.9. The van der Waals surface area contributed by atoms with Gasteiger partial charge in [0.2, 0.25) is 0 Å². The van der Waals surface area contributed by atoms with E-state index in [4.69, 9.17) is 4.42 Å². The van der Waals surface area contributed by atoms with Crippen LogP contribution >= 0.6 is 15.9 Å². The Labute approximate surface area is 127 Å². The van der Waals surface area contributed by atoms with Crippen LogP contribution in [0.4, 0.5) is 5.82 Å². The maximum absolute atomic E-state index is 12.2. The molecule has 1 aromatic carbocycles. The minimum Gasteiger partial charge on any atom is -0.422 e. The lowest BCUT2D eigenvalue weighted by Crippen LogP contribution is -2.21. The van der Waals surface area contributed by atoms with Gasteiger partial charge in [-0.3, -0.25) is 4.79 Å². The van der Waals surface area contributed by atoms with Crippen molar-refractivity contribution in [3.05, 3.63) is 69.1 Å². The van der Waals surface area contributed by atoms with Gasteiger partial charge in [0.1, 0.15) is 17.0 Å². The molecule has 0 aliphatic carbocycles. The lowest BCUT2D eigenvalue weighted by Gasteiger charge is -2.05. The molecule has 0 spiro atoms. The number of para-hydroxylation sites is 1. The zero-order valence-corrected chi connectivity index (χ0v) is 12.3. The van der Waals surface area contributed by atoms with Crippen molar-refractivity contribution in [1.29, 1.82) is 0 Å². The summed E-state index contributed by atoms with van der Waals surface area (Å²) in [4.78, 5) is 28.1. The molecule has 0 fully saturated rings. The fourth-order valence-electron chi connectivity index (χ4n) is 1.87. The summed E-state index contributed by atoms with van der Waals surface area (Å²) in [6, 6.07) is 12.0. The van der Waals surface area contributed by atoms with Gasteiger partial charge in [0.05, 0.1) is 4.47 Å². The Hall–Kier alpha value is -2.47. The van der Waals surface area contributed by atoms with Crippen LogP contribution in [0.3, 0.4) is 0 Å². The van der Waals surface area contributed by atoms with Gasteiger partial charge in [-0.15, -0.1) is 0 Å². The smallest absolute Gasteiger partial charge is 0.349 e. The van der Waals surface area contributed by atoms with Crippen molar-refractivity contribution in [2.24, 2.45) is 0 Å². The average Bonchev–Trinajstić information content (AvgIpc) is 2.49. The third-order valence-corrected chi connectivity index (χ3v) is 3.52. The highest BCUT2D eigenvalue weighted by molar-refractivity contribution is 9.10. The summed E-state index contributed by atoms with van der Waals surface area (Å²) in [6.07, 6.45) is 1.54. The zero-order chi connectivity index (χ0) is 14.8. The van der Waals surface area contributed by atoms with Gasteiger partial charge in [0.25, 0.3) is 5.91 Å². The van der Waals surface area contributed by atoms with Gasteiger partial charge < -0.3 is 9.73 Å². The van der Waals surface area contributed by atoms with E-state index in [0.717, 1.165) is 0 Å². The lowest BCUT2D eigenvalue weighted by atomic mass is 10.2. The number of anilines is 1. The van der Waals surface area contributed by atoms with E-state index in [1.807, 2.05) is 0 Å². The summed E-state index contributed by atoms with van der Waals surface area (Å²) in [5.74, 6) is -0.219. The number of amides is 1. The van der Waals surface area contributed by atoms with Crippen LogP contribution in [-0.4, -0.2) is 10.9 Å². The number of carbonyl (C=O) groups is 1. The molecule has 0 aliphatic heterocycles. The summed E-state index contributed by atoms with van der Waals surface area (Å²) in [6.45, 7) is 0. The number of benzene rings is 1. The molecule has 1 amide bonds. The maximum atomic E-state index is 12.2. The number of pyridine rings is 1. The fourth-order valence-corrected chi connectivity index (χ4v) is 2.23. The van der Waals surface area contributed by atoms with Crippen LogP contribution in [0.15, 0.2) is 62.3 Å². The first-order chi connectivity index (χ1) is 10.1. The second kappa shape index (κ2) is 5.49. The van der Waals surface area contributed by atoms with Gasteiger partial charge in [-0.25, -0.2) is 9.78 Å². The van der Waals surface area contributed by atoms with Crippen molar-refractivity contribution >= 4 is 38.6 Å². The predicted molar refractivity (Wildman–Crippen MR) is 82.4 cm³/mol. The van der Waals surface area contributed by atoms with E-state index >= 15 is 0 Å². The fraction of sp³-hybridized carbons (Fsp3) is 0. The van der Waals surface area contributed by atoms with E-state index in [0.29, 0.717) is 21.3 Å². The van der Waals surface area contributed by atoms with Crippen LogP contribution < -0.4 is 10.9 Å². The van der Waals surface area contributed by atoms with Gasteiger partial charge in [-0.1, -0.05) is 18.2 Å². The molecule has 0 saturated carbocycles. The molecule has 0 unspecified atom stereocenters. The van der Waals surface area contributed by atoms with Gasteiger partial charge in [-0.05, 0) is 40.2 Å². The van der Waals surface area contributed by atoms with Crippen LogP contribution in [0.2, 0.25) is 0 Å². The first-order valence-corrected chi connectivity index (χ1v) is 6.89. The molecule has 0 saturated heterocycles. The lowest BCUT2D eigenvalue weighted by molar-refractivity contribution is 0.102. The van der Waals surface area contributed by atoms with Crippen molar-refractivity contribution in [3.63, 3.8) is 0 Å². The molecule has 3 aromatic rings. The minimum atomic E-state index is -0.682. The number of aromatic nitrogens is 1. The summed E-state index contributed by atoms with van der Waals surface area (Å²) in [5.41, 5.74) is -0.303. The van der Waals surface area contributed by atoms with Crippen molar-refractivity contribution in [3.8, 4) is 0 Å². The Balaban J connectivity index is 2.00. The largest absolute Gasteiger partial charge is 0.422 e. The number of rotatable bonds is 2. The predicted octanol–water partition coefficient (Wildman–Crippen LogP) is 3.20. The Kier molecular flexibility index (Phi) is 3.53. The minimum absolute atomic E-state index is 0.0637. The molecular formula is C15H9BrN2O3. The molecule has 0 aliphatic rings. The van der Waals surface area contributed by atoms with E-state index < -0.39 is 11.5 Å². The molecule has 6 heteroatoms. The second-order valence-corrected chi connectivity index (χ2v) is 5.13. The molecule has 2 heterocycles. The number of hydrogen-bond donors (Lipinski definition) is 1. The van der Waals surface area contributed by atoms with E-state index in [2.05, 4.69) is 26.2 Å². The second-order valence-electron chi connectivity index (χ2n) is 4.27.